The van der Waals surface area contributed by atoms with E-state index in [1.807, 2.05) is 13.8 Å². The van der Waals surface area contributed by atoms with Gasteiger partial charge in [-0.05, 0) is 17.9 Å². The first-order valence-corrected chi connectivity index (χ1v) is 6.63. The molecule has 5 heteroatoms. The Hall–Kier alpha value is -1.23. The second-order valence-electron chi connectivity index (χ2n) is 4.45. The van der Waals surface area contributed by atoms with E-state index in [1.165, 1.54) is 12.4 Å². The summed E-state index contributed by atoms with van der Waals surface area (Å²) in [5.74, 6) is 0.0238. The molecule has 0 aliphatic rings. The highest BCUT2D eigenvalue weighted by Crippen LogP contribution is 2.24. The molecule has 1 rings (SSSR count). The molecule has 0 saturated heterocycles. The Morgan fingerprint density at radius 1 is 1.38 bits per heavy atom. The predicted octanol–water partition coefficient (Wildman–Crippen LogP) is 1.85. The van der Waals surface area contributed by atoms with Crippen molar-refractivity contribution in [1.82, 2.24) is 9.97 Å². The molecule has 0 spiro atoms. The van der Waals surface area contributed by atoms with Crippen LogP contribution in [0.3, 0.4) is 0 Å². The molecule has 0 atom stereocenters. The summed E-state index contributed by atoms with van der Waals surface area (Å²) in [6.45, 7) is 7.39. The van der Waals surface area contributed by atoms with Crippen molar-refractivity contribution in [2.45, 2.75) is 25.4 Å². The Kier molecular flexibility index (Phi) is 3.80. The zero-order valence-electron chi connectivity index (χ0n) is 9.55. The van der Waals surface area contributed by atoms with E-state index in [2.05, 4.69) is 16.5 Å². The molecular weight excluding hydrogens is 224 g/mol. The smallest absolute Gasteiger partial charge is 0.227 e. The Morgan fingerprint density at radius 2 is 1.94 bits per heavy atom. The molecule has 0 fully saturated rings. The number of nitrogens with zero attached hydrogens (tertiary/aromatic N) is 2. The van der Waals surface area contributed by atoms with Crippen LogP contribution in [-0.4, -0.2) is 24.1 Å². The van der Waals surface area contributed by atoms with Crippen LogP contribution in [0.1, 0.15) is 20.3 Å². The Morgan fingerprint density at radius 3 is 2.44 bits per heavy atom. The Bertz CT molecular complexity index is 452. The Balaban J connectivity index is 2.93. The molecule has 0 N–H and O–H groups in total. The van der Waals surface area contributed by atoms with Gasteiger partial charge in [-0.1, -0.05) is 19.9 Å². The number of hydrogen-bond donors (Lipinski definition) is 0. The summed E-state index contributed by atoms with van der Waals surface area (Å²) in [6.07, 6.45) is 5.22. The summed E-state index contributed by atoms with van der Waals surface area (Å²) in [4.78, 5) is 7.54. The van der Waals surface area contributed by atoms with E-state index in [4.69, 9.17) is 0 Å². The average Bonchev–Trinajstić information content (AvgIpc) is 2.17. The SMILES string of the molecule is C=CCC(C)(C)CS(=O)(=O)c1ncccn1. The minimum atomic E-state index is -3.41. The summed E-state index contributed by atoms with van der Waals surface area (Å²) in [5, 5.41) is -0.105. The fourth-order valence-corrected chi connectivity index (χ4v) is 3.19. The van der Waals surface area contributed by atoms with Crippen molar-refractivity contribution >= 4 is 9.84 Å². The molecule has 0 saturated carbocycles. The van der Waals surface area contributed by atoms with Gasteiger partial charge in [-0.25, -0.2) is 18.4 Å². The van der Waals surface area contributed by atoms with Crippen molar-refractivity contribution < 1.29 is 8.42 Å². The Labute approximate surface area is 96.4 Å². The topological polar surface area (TPSA) is 59.9 Å². The first-order valence-electron chi connectivity index (χ1n) is 4.98. The highest BCUT2D eigenvalue weighted by Gasteiger charge is 2.28. The summed E-state index contributed by atoms with van der Waals surface area (Å²) in [6, 6.07) is 1.59. The van der Waals surface area contributed by atoms with Crippen LogP contribution < -0.4 is 0 Å². The maximum Gasteiger partial charge on any atom is 0.247 e. The van der Waals surface area contributed by atoms with Crippen molar-refractivity contribution in [2.75, 3.05) is 5.75 Å². The van der Waals surface area contributed by atoms with Crippen molar-refractivity contribution in [3.8, 4) is 0 Å². The highest BCUT2D eigenvalue weighted by atomic mass is 32.2. The van der Waals surface area contributed by atoms with Crippen LogP contribution in [0.5, 0.6) is 0 Å². The lowest BCUT2D eigenvalue weighted by Crippen LogP contribution is -2.24. The number of allylic oxidation sites excluding steroid dienone is 1. The normalized spacial score (nSPS) is 12.4. The largest absolute Gasteiger partial charge is 0.247 e. The summed E-state index contributed by atoms with van der Waals surface area (Å²) >= 11 is 0. The molecule has 0 aliphatic carbocycles. The van der Waals surface area contributed by atoms with Gasteiger partial charge in [0, 0.05) is 12.4 Å². The third-order valence-corrected chi connectivity index (χ3v) is 4.03. The molecule has 0 radical (unpaired) electrons. The van der Waals surface area contributed by atoms with Crippen LogP contribution in [0.4, 0.5) is 0 Å². The maximum atomic E-state index is 12.0. The molecule has 1 aromatic heterocycles. The molecular formula is C11H16N2O2S. The van der Waals surface area contributed by atoms with E-state index in [-0.39, 0.29) is 16.3 Å². The molecule has 4 nitrogen and oxygen atoms in total. The lowest BCUT2D eigenvalue weighted by Gasteiger charge is -2.21. The van der Waals surface area contributed by atoms with Gasteiger partial charge in [-0.2, -0.15) is 0 Å². The fourth-order valence-electron chi connectivity index (χ4n) is 1.47. The fraction of sp³-hybridized carbons (Fsp3) is 0.455. The van der Waals surface area contributed by atoms with Gasteiger partial charge in [-0.3, -0.25) is 0 Å². The summed E-state index contributed by atoms with van der Waals surface area (Å²) in [7, 11) is -3.41. The third kappa shape index (κ3) is 3.41. The van der Waals surface area contributed by atoms with E-state index >= 15 is 0 Å². The zero-order chi connectivity index (χ0) is 12.2. The number of hydrogen-bond acceptors (Lipinski definition) is 4. The van der Waals surface area contributed by atoms with Crippen LogP contribution in [0.15, 0.2) is 36.3 Å². The van der Waals surface area contributed by atoms with E-state index in [9.17, 15) is 8.42 Å². The zero-order valence-corrected chi connectivity index (χ0v) is 10.4. The number of aromatic nitrogens is 2. The molecule has 88 valence electrons. The maximum absolute atomic E-state index is 12.0. The standard InChI is InChI=1S/C11H16N2O2S/c1-4-6-11(2,3)9-16(14,15)10-12-7-5-8-13-10/h4-5,7-8H,1,6,9H2,2-3H3. The van der Waals surface area contributed by atoms with Crippen LogP contribution in [0.2, 0.25) is 0 Å². The van der Waals surface area contributed by atoms with Crippen molar-refractivity contribution in [3.05, 3.63) is 31.1 Å². The molecule has 0 amide bonds. The van der Waals surface area contributed by atoms with Gasteiger partial charge in [-0.15, -0.1) is 6.58 Å². The molecule has 0 unspecified atom stereocenters. The van der Waals surface area contributed by atoms with Gasteiger partial charge >= 0.3 is 0 Å². The highest BCUT2D eigenvalue weighted by molar-refractivity contribution is 7.91. The average molecular weight is 240 g/mol. The lowest BCUT2D eigenvalue weighted by atomic mass is 9.92. The molecule has 0 aliphatic heterocycles. The molecule has 1 heterocycles. The molecule has 0 bridgehead atoms. The van der Waals surface area contributed by atoms with E-state index in [0.29, 0.717) is 6.42 Å². The van der Waals surface area contributed by atoms with Crippen LogP contribution >= 0.6 is 0 Å². The lowest BCUT2D eigenvalue weighted by molar-refractivity contribution is 0.417. The van der Waals surface area contributed by atoms with Gasteiger partial charge < -0.3 is 0 Å². The van der Waals surface area contributed by atoms with E-state index in [1.54, 1.807) is 12.1 Å². The predicted molar refractivity (Wildman–Crippen MR) is 62.7 cm³/mol. The summed E-state index contributed by atoms with van der Waals surface area (Å²) in [5.41, 5.74) is -0.347. The second kappa shape index (κ2) is 4.74. The molecule has 0 aromatic carbocycles. The number of rotatable bonds is 5. The first kappa shape index (κ1) is 12.8. The van der Waals surface area contributed by atoms with Gasteiger partial charge in [0.25, 0.3) is 0 Å². The van der Waals surface area contributed by atoms with Gasteiger partial charge in [0.05, 0.1) is 5.75 Å². The van der Waals surface area contributed by atoms with E-state index in [0.717, 1.165) is 0 Å². The van der Waals surface area contributed by atoms with Gasteiger partial charge in [0.1, 0.15) is 0 Å². The minimum Gasteiger partial charge on any atom is -0.227 e. The van der Waals surface area contributed by atoms with Crippen LogP contribution in [0.25, 0.3) is 0 Å². The minimum absolute atomic E-state index is 0.0238. The van der Waals surface area contributed by atoms with Crippen molar-refractivity contribution in [3.63, 3.8) is 0 Å². The second-order valence-corrected chi connectivity index (χ2v) is 6.33. The monoisotopic (exact) mass is 240 g/mol. The summed E-state index contributed by atoms with van der Waals surface area (Å²) < 4.78 is 23.9. The molecule has 16 heavy (non-hydrogen) atoms. The van der Waals surface area contributed by atoms with Crippen molar-refractivity contribution in [1.29, 1.82) is 0 Å². The number of sulfone groups is 1. The third-order valence-electron chi connectivity index (χ3n) is 2.10. The first-order chi connectivity index (χ1) is 7.37. The van der Waals surface area contributed by atoms with Crippen molar-refractivity contribution in [2.24, 2.45) is 5.41 Å². The van der Waals surface area contributed by atoms with Gasteiger partial charge in [0.15, 0.2) is 0 Å². The van der Waals surface area contributed by atoms with Crippen LogP contribution in [-0.2, 0) is 9.84 Å². The quantitative estimate of drug-likeness (QED) is 0.582. The van der Waals surface area contributed by atoms with Gasteiger partial charge in [0.2, 0.25) is 15.0 Å². The van der Waals surface area contributed by atoms with E-state index < -0.39 is 9.84 Å². The molecule has 1 aromatic rings. The van der Waals surface area contributed by atoms with Crippen LogP contribution in [0, 0.1) is 5.41 Å².